The lowest BCUT2D eigenvalue weighted by molar-refractivity contribution is 0.433. The zero-order valence-electron chi connectivity index (χ0n) is 16.5. The van der Waals surface area contributed by atoms with E-state index in [9.17, 15) is 17.6 Å². The Morgan fingerprint density at radius 2 is 1.65 bits per heavy atom. The summed E-state index contributed by atoms with van der Waals surface area (Å²) in [6.45, 7) is 1.38. The number of benzene rings is 2. The van der Waals surface area contributed by atoms with E-state index in [1.54, 1.807) is 24.3 Å². The van der Waals surface area contributed by atoms with Crippen molar-refractivity contribution in [2.24, 2.45) is 0 Å². The molecule has 1 fully saturated rings. The minimum absolute atomic E-state index is 0.0358. The van der Waals surface area contributed by atoms with Crippen LogP contribution < -0.4 is 10.5 Å². The largest absolute Gasteiger partial charge is 0.367 e. The molecule has 0 bridgehead atoms. The lowest BCUT2D eigenvalue weighted by Gasteiger charge is -2.24. The average Bonchev–Trinajstić information content (AvgIpc) is 3.03. The highest BCUT2D eigenvalue weighted by Gasteiger charge is 2.28. The number of rotatable bonds is 4. The molecule has 2 heterocycles. The Hall–Kier alpha value is -2.75. The topological polar surface area (TPSA) is 75.5 Å². The van der Waals surface area contributed by atoms with Gasteiger partial charge in [0.05, 0.1) is 22.5 Å². The van der Waals surface area contributed by atoms with Gasteiger partial charge < -0.3 is 4.90 Å². The van der Waals surface area contributed by atoms with Crippen LogP contribution in [0.2, 0.25) is 5.02 Å². The Morgan fingerprint density at radius 3 is 2.35 bits per heavy atom. The highest BCUT2D eigenvalue weighted by Crippen LogP contribution is 2.25. The molecule has 0 N–H and O–H groups in total. The molecule has 0 amide bonds. The molecular weight excluding hydrogens is 443 g/mol. The van der Waals surface area contributed by atoms with Gasteiger partial charge in [0.1, 0.15) is 10.8 Å². The van der Waals surface area contributed by atoms with Crippen molar-refractivity contribution in [3.05, 3.63) is 82.0 Å². The van der Waals surface area contributed by atoms with E-state index in [0.29, 0.717) is 37.4 Å². The molecular formula is C21H20ClFN4O3S. The minimum atomic E-state index is -3.74. The van der Waals surface area contributed by atoms with Gasteiger partial charge in [-0.15, -0.1) is 0 Å². The van der Waals surface area contributed by atoms with Crippen molar-refractivity contribution < 1.29 is 12.8 Å². The first-order valence-electron chi connectivity index (χ1n) is 9.72. The fourth-order valence-electron chi connectivity index (χ4n) is 3.53. The Balaban J connectivity index is 1.56. The summed E-state index contributed by atoms with van der Waals surface area (Å²) >= 11 is 6.39. The lowest BCUT2D eigenvalue weighted by atomic mass is 10.3. The number of nitrogens with zero attached hydrogens (tertiary/aromatic N) is 4. The van der Waals surface area contributed by atoms with Crippen LogP contribution in [0.5, 0.6) is 0 Å². The molecule has 3 aromatic rings. The molecule has 0 radical (unpaired) electrons. The molecule has 0 atom stereocenters. The van der Waals surface area contributed by atoms with E-state index < -0.39 is 21.4 Å². The number of anilines is 1. The van der Waals surface area contributed by atoms with Gasteiger partial charge >= 0.3 is 0 Å². The number of aromatic nitrogens is 2. The molecule has 162 valence electrons. The van der Waals surface area contributed by atoms with Crippen molar-refractivity contribution in [2.45, 2.75) is 11.3 Å². The quantitative estimate of drug-likeness (QED) is 0.596. The molecule has 2 aromatic carbocycles. The fourth-order valence-corrected chi connectivity index (χ4v) is 5.25. The fraction of sp³-hybridized carbons (Fsp3) is 0.238. The van der Waals surface area contributed by atoms with Crippen molar-refractivity contribution in [3.63, 3.8) is 0 Å². The summed E-state index contributed by atoms with van der Waals surface area (Å²) in [7, 11) is -3.74. The van der Waals surface area contributed by atoms with Crippen LogP contribution in [0.15, 0.2) is 70.5 Å². The highest BCUT2D eigenvalue weighted by atomic mass is 35.5. The summed E-state index contributed by atoms with van der Waals surface area (Å²) in [6.07, 6.45) is 2.07. The van der Waals surface area contributed by atoms with Gasteiger partial charge in [-0.3, -0.25) is 4.79 Å². The van der Waals surface area contributed by atoms with Crippen LogP contribution in [0, 0.1) is 5.82 Å². The van der Waals surface area contributed by atoms with Crippen LogP contribution >= 0.6 is 11.6 Å². The van der Waals surface area contributed by atoms with Gasteiger partial charge in [-0.2, -0.15) is 14.1 Å². The monoisotopic (exact) mass is 462 g/mol. The second-order valence-corrected chi connectivity index (χ2v) is 9.41. The van der Waals surface area contributed by atoms with Crippen LogP contribution in [-0.4, -0.2) is 48.7 Å². The molecule has 1 aromatic heterocycles. The number of hydrogen-bond acceptors (Lipinski definition) is 5. The molecule has 0 spiro atoms. The zero-order valence-corrected chi connectivity index (χ0v) is 18.1. The maximum atomic E-state index is 13.2. The predicted molar refractivity (Wildman–Crippen MR) is 117 cm³/mol. The predicted octanol–water partition coefficient (Wildman–Crippen LogP) is 2.93. The molecule has 0 aliphatic carbocycles. The summed E-state index contributed by atoms with van der Waals surface area (Å²) in [5, 5.41) is 4.29. The molecule has 4 rings (SSSR count). The first-order chi connectivity index (χ1) is 14.9. The highest BCUT2D eigenvalue weighted by molar-refractivity contribution is 7.89. The van der Waals surface area contributed by atoms with E-state index in [0.717, 1.165) is 12.1 Å². The van der Waals surface area contributed by atoms with E-state index in [1.807, 2.05) is 11.0 Å². The first kappa shape index (κ1) is 21.5. The van der Waals surface area contributed by atoms with Gasteiger partial charge in [0, 0.05) is 26.2 Å². The lowest BCUT2D eigenvalue weighted by Crippen LogP contribution is -2.36. The van der Waals surface area contributed by atoms with Crippen molar-refractivity contribution in [2.75, 3.05) is 31.1 Å². The third-order valence-electron chi connectivity index (χ3n) is 5.15. The van der Waals surface area contributed by atoms with E-state index in [1.165, 1.54) is 27.3 Å². The van der Waals surface area contributed by atoms with Crippen molar-refractivity contribution in [3.8, 4) is 5.69 Å². The van der Waals surface area contributed by atoms with Crippen molar-refractivity contribution in [1.82, 2.24) is 14.1 Å². The van der Waals surface area contributed by atoms with Crippen LogP contribution in [-0.2, 0) is 10.0 Å². The van der Waals surface area contributed by atoms with Crippen LogP contribution in [0.4, 0.5) is 10.1 Å². The normalized spacial score (nSPS) is 15.6. The third kappa shape index (κ3) is 4.34. The molecule has 1 aliphatic rings. The minimum Gasteiger partial charge on any atom is -0.367 e. The molecule has 0 unspecified atom stereocenters. The second-order valence-electron chi connectivity index (χ2n) is 7.09. The second kappa shape index (κ2) is 8.78. The maximum absolute atomic E-state index is 13.2. The zero-order chi connectivity index (χ0) is 22.0. The van der Waals surface area contributed by atoms with E-state index >= 15 is 0 Å². The number of para-hydroxylation sites is 1. The molecule has 1 aliphatic heterocycles. The SMILES string of the molecule is O=c1c(Cl)c(N2CCCN(S(=O)(=O)c3ccc(F)cc3)CC2)cnn1-c1ccccc1. The number of sulfonamides is 1. The standard InChI is InChI=1S/C21H20ClFN4O3S/c22-20-19(15-24-27(21(20)28)17-5-2-1-3-6-17)25-11-4-12-26(14-13-25)31(29,30)18-9-7-16(23)8-10-18/h1-3,5-10,15H,4,11-14H2. The third-order valence-corrected chi connectivity index (χ3v) is 7.42. The van der Waals surface area contributed by atoms with Crippen molar-refractivity contribution in [1.29, 1.82) is 0 Å². The summed E-state index contributed by atoms with van der Waals surface area (Å²) in [5.74, 6) is -0.492. The molecule has 7 nitrogen and oxygen atoms in total. The van der Waals surface area contributed by atoms with Gasteiger partial charge in [0.2, 0.25) is 10.0 Å². The molecule has 1 saturated heterocycles. The Bertz CT molecular complexity index is 1230. The summed E-state index contributed by atoms with van der Waals surface area (Å²) in [5.41, 5.74) is 0.638. The first-order valence-corrected chi connectivity index (χ1v) is 11.5. The Morgan fingerprint density at radius 1 is 0.935 bits per heavy atom. The molecule has 10 heteroatoms. The Labute approximate surface area is 184 Å². The van der Waals surface area contributed by atoms with Gasteiger partial charge in [-0.25, -0.2) is 12.8 Å². The smallest absolute Gasteiger partial charge is 0.292 e. The van der Waals surface area contributed by atoms with Gasteiger partial charge in [-0.1, -0.05) is 29.8 Å². The van der Waals surface area contributed by atoms with Gasteiger partial charge in [0.15, 0.2) is 0 Å². The van der Waals surface area contributed by atoms with Gasteiger partial charge in [-0.05, 0) is 42.8 Å². The van der Waals surface area contributed by atoms with Crippen LogP contribution in [0.1, 0.15) is 6.42 Å². The van der Waals surface area contributed by atoms with Crippen LogP contribution in [0.25, 0.3) is 5.69 Å². The number of halogens is 2. The summed E-state index contributed by atoms with van der Waals surface area (Å²) in [4.78, 5) is 14.7. The van der Waals surface area contributed by atoms with E-state index in [4.69, 9.17) is 11.6 Å². The van der Waals surface area contributed by atoms with Crippen molar-refractivity contribution >= 4 is 27.3 Å². The van der Waals surface area contributed by atoms with Gasteiger partial charge in [0.25, 0.3) is 5.56 Å². The van der Waals surface area contributed by atoms with E-state index in [2.05, 4.69) is 5.10 Å². The summed E-state index contributed by atoms with van der Waals surface area (Å²) in [6, 6.07) is 13.7. The van der Waals surface area contributed by atoms with Crippen LogP contribution in [0.3, 0.4) is 0 Å². The molecule has 0 saturated carbocycles. The maximum Gasteiger partial charge on any atom is 0.292 e. The summed E-state index contributed by atoms with van der Waals surface area (Å²) < 4.78 is 41.6. The van der Waals surface area contributed by atoms with E-state index in [-0.39, 0.29) is 16.5 Å². The molecule has 31 heavy (non-hydrogen) atoms. The average molecular weight is 463 g/mol. The number of hydrogen-bond donors (Lipinski definition) is 0. The Kier molecular flexibility index (Phi) is 6.08.